The number of hydrogen-bond acceptors (Lipinski definition) is 6. The van der Waals surface area contributed by atoms with Gasteiger partial charge in [-0.1, -0.05) is 61.9 Å². The summed E-state index contributed by atoms with van der Waals surface area (Å²) in [4.78, 5) is 18.9. The Balaban J connectivity index is 0.000000507. The molecule has 0 bridgehead atoms. The van der Waals surface area contributed by atoms with Gasteiger partial charge >= 0.3 is 5.97 Å². The maximum Gasteiger partial charge on any atom is 0.306 e. The van der Waals surface area contributed by atoms with E-state index in [2.05, 4.69) is 52.6 Å². The van der Waals surface area contributed by atoms with Crippen molar-refractivity contribution in [2.75, 3.05) is 33.5 Å². The fourth-order valence-corrected chi connectivity index (χ4v) is 5.81. The Morgan fingerprint density at radius 1 is 1.33 bits per heavy atom. The number of nitrogens with one attached hydrogen (secondary N) is 2. The van der Waals surface area contributed by atoms with E-state index in [1.807, 2.05) is 32.2 Å². The molecular formula is C33H44ClN3O5. The van der Waals surface area contributed by atoms with Crippen LogP contribution in [0.25, 0.3) is 11.0 Å². The van der Waals surface area contributed by atoms with E-state index in [-0.39, 0.29) is 23.9 Å². The number of carboxylic acids is 1. The Labute approximate surface area is 253 Å². The predicted molar refractivity (Wildman–Crippen MR) is 167 cm³/mol. The number of allylic oxidation sites excluding steroid dienone is 6. The van der Waals surface area contributed by atoms with Crippen molar-refractivity contribution in [3.05, 3.63) is 70.3 Å². The molecule has 1 aromatic heterocycles. The number of halogens is 1. The fourth-order valence-electron chi connectivity index (χ4n) is 5.52. The number of carboxylic acid groups (broad SMARTS) is 1. The van der Waals surface area contributed by atoms with Crippen LogP contribution in [0, 0.1) is 11.3 Å². The number of H-pyrrole nitrogens is 1. The van der Waals surface area contributed by atoms with Crippen molar-refractivity contribution in [2.45, 2.75) is 64.3 Å². The summed E-state index contributed by atoms with van der Waals surface area (Å²) < 4.78 is 10.8. The molecule has 2 heterocycles. The summed E-state index contributed by atoms with van der Waals surface area (Å²) in [5.41, 5.74) is 4.83. The molecule has 5 rings (SSSR count). The zero-order valence-corrected chi connectivity index (χ0v) is 25.6. The summed E-state index contributed by atoms with van der Waals surface area (Å²) in [5.74, 6) is -0.917. The monoisotopic (exact) mass is 597 g/mol. The Kier molecular flexibility index (Phi) is 11.4. The van der Waals surface area contributed by atoms with Gasteiger partial charge in [-0.15, -0.1) is 0 Å². The van der Waals surface area contributed by atoms with E-state index in [0.717, 1.165) is 48.2 Å². The van der Waals surface area contributed by atoms with E-state index >= 15 is 0 Å². The topological polar surface area (TPSA) is 117 Å². The number of nitrogens with zero attached hydrogens (tertiary/aromatic N) is 1. The second kappa shape index (κ2) is 15.0. The second-order valence-corrected chi connectivity index (χ2v) is 11.9. The Hall–Kier alpha value is -2.91. The van der Waals surface area contributed by atoms with Crippen LogP contribution in [-0.4, -0.2) is 65.7 Å². The Morgan fingerprint density at radius 2 is 2.17 bits per heavy atom. The minimum absolute atomic E-state index is 0.0644. The predicted octanol–water partition coefficient (Wildman–Crippen LogP) is 6.34. The van der Waals surface area contributed by atoms with E-state index in [9.17, 15) is 9.90 Å². The number of aliphatic carboxylic acids is 1. The highest BCUT2D eigenvalue weighted by Crippen LogP contribution is 2.42. The van der Waals surface area contributed by atoms with Gasteiger partial charge in [-0.2, -0.15) is 4.98 Å². The van der Waals surface area contributed by atoms with Crippen LogP contribution in [0.3, 0.4) is 0 Å². The first-order valence-electron chi connectivity index (χ1n) is 14.9. The number of aliphatic hydroxyl groups is 1. The third-order valence-corrected chi connectivity index (χ3v) is 8.82. The van der Waals surface area contributed by atoms with Crippen molar-refractivity contribution in [1.82, 2.24) is 15.3 Å². The Bertz CT molecular complexity index is 1340. The lowest BCUT2D eigenvalue weighted by molar-refractivity contribution is -0.142. The third kappa shape index (κ3) is 8.13. The van der Waals surface area contributed by atoms with Gasteiger partial charge in [0.15, 0.2) is 0 Å². The van der Waals surface area contributed by atoms with Gasteiger partial charge in [-0.3, -0.25) is 4.79 Å². The van der Waals surface area contributed by atoms with Crippen molar-refractivity contribution < 1.29 is 24.5 Å². The quantitative estimate of drug-likeness (QED) is 0.223. The molecule has 1 aromatic carbocycles. The van der Waals surface area contributed by atoms with Crippen LogP contribution in [0.15, 0.2) is 59.7 Å². The lowest BCUT2D eigenvalue weighted by Gasteiger charge is -2.32. The number of fused-ring (bicyclic) bond motifs is 1. The molecule has 2 aliphatic carbocycles. The smallest absolute Gasteiger partial charge is 0.306 e. The number of benzene rings is 1. The minimum Gasteiger partial charge on any atom is -0.481 e. The Morgan fingerprint density at radius 3 is 2.74 bits per heavy atom. The maximum atomic E-state index is 11.2. The van der Waals surface area contributed by atoms with Gasteiger partial charge in [0, 0.05) is 29.0 Å². The molecule has 0 saturated carbocycles. The SMILES string of the molecule is CCC(CCCOc1nc2cc(Cl)c(C3C=CC(C4(C)C=CC(CO)=CC4)=CC3)cc2[nH]1)C(=O)O.CNC1CCOC1. The second-order valence-electron chi connectivity index (χ2n) is 11.5. The summed E-state index contributed by atoms with van der Waals surface area (Å²) in [7, 11) is 1.97. The van der Waals surface area contributed by atoms with Gasteiger partial charge in [0.25, 0.3) is 6.01 Å². The molecule has 42 heavy (non-hydrogen) atoms. The van der Waals surface area contributed by atoms with Crippen LogP contribution >= 0.6 is 11.6 Å². The van der Waals surface area contributed by atoms with Gasteiger partial charge in [0.1, 0.15) is 0 Å². The van der Waals surface area contributed by atoms with Crippen LogP contribution in [0.5, 0.6) is 6.01 Å². The molecular weight excluding hydrogens is 554 g/mol. The fraction of sp³-hybridized carbons (Fsp3) is 0.515. The average Bonchev–Trinajstić information content (AvgIpc) is 3.67. The number of aliphatic hydroxyl groups excluding tert-OH is 1. The van der Waals surface area contributed by atoms with E-state index in [4.69, 9.17) is 26.2 Å². The van der Waals surface area contributed by atoms with E-state index < -0.39 is 5.97 Å². The molecule has 1 aliphatic heterocycles. The maximum absolute atomic E-state index is 11.2. The van der Waals surface area contributed by atoms with Crippen molar-refractivity contribution in [3.8, 4) is 6.01 Å². The number of ether oxygens (including phenoxy) is 2. The molecule has 0 spiro atoms. The lowest BCUT2D eigenvalue weighted by atomic mass is 9.73. The summed E-state index contributed by atoms with van der Waals surface area (Å²) in [5, 5.41) is 22.3. The highest BCUT2D eigenvalue weighted by Gasteiger charge is 2.28. The third-order valence-electron chi connectivity index (χ3n) is 8.49. The molecule has 3 aliphatic rings. The normalized spacial score (nSPS) is 24.1. The van der Waals surface area contributed by atoms with Crippen molar-refractivity contribution in [3.63, 3.8) is 0 Å². The van der Waals surface area contributed by atoms with E-state index in [1.54, 1.807) is 0 Å². The minimum atomic E-state index is -0.755. The highest BCUT2D eigenvalue weighted by molar-refractivity contribution is 6.32. The number of hydrogen-bond donors (Lipinski definition) is 4. The first-order valence-corrected chi connectivity index (χ1v) is 15.3. The number of imidazole rings is 1. The standard InChI is InChI=1S/C28H33ClN2O4.C5H11NO/c1-3-19(26(33)34)5-4-14-35-27-30-24-15-22(23(29)16-25(24)31-27)20-6-8-21(9-7-20)28(2)12-10-18(17-32)11-13-28;1-6-5-2-3-7-4-5/h6,8-12,15-16,19-20,32H,3-5,7,13-14,17H2,1-2H3,(H,30,31)(H,33,34);5-6H,2-4H2,1H3. The summed E-state index contributed by atoms with van der Waals surface area (Å²) >= 11 is 6.65. The molecule has 8 nitrogen and oxygen atoms in total. The molecule has 4 N–H and O–H groups in total. The van der Waals surface area contributed by atoms with Crippen LogP contribution < -0.4 is 10.1 Å². The van der Waals surface area contributed by atoms with Crippen molar-refractivity contribution >= 4 is 28.6 Å². The van der Waals surface area contributed by atoms with E-state index in [0.29, 0.717) is 42.9 Å². The van der Waals surface area contributed by atoms with E-state index in [1.165, 1.54) is 12.0 Å². The van der Waals surface area contributed by atoms with Crippen LogP contribution in [0.2, 0.25) is 5.02 Å². The average molecular weight is 598 g/mol. The summed E-state index contributed by atoms with van der Waals surface area (Å²) in [6.07, 6.45) is 17.8. The van der Waals surface area contributed by atoms with Gasteiger partial charge < -0.3 is 30.0 Å². The number of aromatic amines is 1. The number of carbonyl (C=O) groups is 1. The largest absolute Gasteiger partial charge is 0.481 e. The van der Waals surface area contributed by atoms with Gasteiger partial charge in [-0.25, -0.2) is 0 Å². The first kappa shape index (κ1) is 32.0. The number of rotatable bonds is 11. The lowest BCUT2D eigenvalue weighted by Crippen LogP contribution is -2.24. The summed E-state index contributed by atoms with van der Waals surface area (Å²) in [6.45, 7) is 6.43. The van der Waals surface area contributed by atoms with Crippen LogP contribution in [-0.2, 0) is 9.53 Å². The molecule has 0 amide bonds. The van der Waals surface area contributed by atoms with Gasteiger partial charge in [0.2, 0.25) is 0 Å². The molecule has 4 unspecified atom stereocenters. The van der Waals surface area contributed by atoms with Crippen molar-refractivity contribution in [2.24, 2.45) is 11.3 Å². The highest BCUT2D eigenvalue weighted by atomic mass is 35.5. The molecule has 228 valence electrons. The summed E-state index contributed by atoms with van der Waals surface area (Å²) in [6, 6.07) is 4.96. The molecule has 1 fully saturated rings. The molecule has 4 atom stereocenters. The molecule has 1 saturated heterocycles. The zero-order chi connectivity index (χ0) is 30.1. The van der Waals surface area contributed by atoms with Gasteiger partial charge in [0.05, 0.1) is 36.8 Å². The molecule has 0 radical (unpaired) electrons. The number of aromatic nitrogens is 2. The van der Waals surface area contributed by atoms with Crippen LogP contribution in [0.4, 0.5) is 0 Å². The van der Waals surface area contributed by atoms with Gasteiger partial charge in [-0.05, 0) is 74.4 Å². The van der Waals surface area contributed by atoms with Crippen molar-refractivity contribution in [1.29, 1.82) is 0 Å². The first-order chi connectivity index (χ1) is 20.3. The number of likely N-dealkylation sites (N-methyl/N-ethyl adjacent to an activating group) is 1. The molecule has 9 heteroatoms. The molecule has 2 aromatic rings. The van der Waals surface area contributed by atoms with Crippen LogP contribution in [0.1, 0.15) is 63.9 Å². The zero-order valence-electron chi connectivity index (χ0n) is 24.9.